The molecule has 1 aliphatic heterocycles. The number of carbonyl (C=O) groups excluding carboxylic acids is 1. The molecule has 2 aromatic carbocycles. The molecule has 1 aromatic heterocycles. The van der Waals surface area contributed by atoms with E-state index in [1.54, 1.807) is 18.0 Å². The first kappa shape index (κ1) is 21.9. The average Bonchev–Trinajstić information content (AvgIpc) is 3.29. The van der Waals surface area contributed by atoms with Gasteiger partial charge in [-0.15, -0.1) is 0 Å². The fraction of sp³-hybridized carbons (Fsp3) is 0.304. The number of ether oxygens (including phenoxy) is 1. The Labute approximate surface area is 191 Å². The summed E-state index contributed by atoms with van der Waals surface area (Å²) in [5, 5.41) is 4.71. The van der Waals surface area contributed by atoms with Gasteiger partial charge in [0.2, 0.25) is 0 Å². The number of benzene rings is 2. The molecule has 0 radical (unpaired) electrons. The van der Waals surface area contributed by atoms with Gasteiger partial charge < -0.3 is 10.1 Å². The number of halogens is 1. The van der Waals surface area contributed by atoms with Gasteiger partial charge in [-0.3, -0.25) is 14.3 Å². The third-order valence-electron chi connectivity index (χ3n) is 5.37. The summed E-state index contributed by atoms with van der Waals surface area (Å²) >= 11 is 7.81. The van der Waals surface area contributed by atoms with E-state index in [1.165, 1.54) is 0 Å². The number of hydrogen-bond acceptors (Lipinski definition) is 5. The predicted molar refractivity (Wildman–Crippen MR) is 124 cm³/mol. The second-order valence-electron chi connectivity index (χ2n) is 7.26. The molecule has 3 aromatic rings. The van der Waals surface area contributed by atoms with Crippen LogP contribution < -0.4 is 5.32 Å². The highest BCUT2D eigenvalue weighted by atomic mass is 35.5. The summed E-state index contributed by atoms with van der Waals surface area (Å²) in [6.07, 6.45) is 5.68. The minimum absolute atomic E-state index is 0.0425. The number of imidazole rings is 1. The Bertz CT molecular complexity index is 1020. The lowest BCUT2D eigenvalue weighted by Gasteiger charge is -2.35. The van der Waals surface area contributed by atoms with Gasteiger partial charge in [0, 0.05) is 48.3 Å². The molecule has 0 spiro atoms. The Kier molecular flexibility index (Phi) is 7.29. The summed E-state index contributed by atoms with van der Waals surface area (Å²) in [5.74, 6) is -0.0949. The normalized spacial score (nSPS) is 15.5. The zero-order valence-electron chi connectivity index (χ0n) is 17.3. The van der Waals surface area contributed by atoms with Gasteiger partial charge in [-0.1, -0.05) is 35.5 Å². The van der Waals surface area contributed by atoms with Crippen LogP contribution in [0.25, 0.3) is 5.69 Å². The molecule has 1 N–H and O–H groups in total. The number of aromatic nitrogens is 2. The van der Waals surface area contributed by atoms with Crippen LogP contribution in [-0.4, -0.2) is 59.5 Å². The highest BCUT2D eigenvalue weighted by Gasteiger charge is 2.23. The lowest BCUT2D eigenvalue weighted by molar-refractivity contribution is 0.0162. The maximum absolute atomic E-state index is 12.8. The number of nitrogens with zero attached hydrogens (tertiary/aromatic N) is 3. The molecule has 1 saturated heterocycles. The van der Waals surface area contributed by atoms with E-state index in [-0.39, 0.29) is 11.9 Å². The first-order valence-electron chi connectivity index (χ1n) is 10.2. The van der Waals surface area contributed by atoms with Gasteiger partial charge in [0.1, 0.15) is 0 Å². The van der Waals surface area contributed by atoms with E-state index in [1.807, 2.05) is 59.5 Å². The molecule has 1 fully saturated rings. The first-order valence-corrected chi connectivity index (χ1v) is 11.8. The zero-order chi connectivity index (χ0) is 21.6. The highest BCUT2D eigenvalue weighted by molar-refractivity contribution is 7.98. The summed E-state index contributed by atoms with van der Waals surface area (Å²) < 4.78 is 7.50. The van der Waals surface area contributed by atoms with E-state index in [0.717, 1.165) is 29.5 Å². The largest absolute Gasteiger partial charge is 0.379 e. The lowest BCUT2D eigenvalue weighted by Crippen LogP contribution is -2.43. The molecule has 0 aliphatic carbocycles. The second kappa shape index (κ2) is 10.3. The van der Waals surface area contributed by atoms with Crippen molar-refractivity contribution >= 4 is 29.3 Å². The number of thioether (sulfide) groups is 1. The maximum atomic E-state index is 12.8. The first-order chi connectivity index (χ1) is 15.2. The SMILES string of the molecule is CSc1nccn1-c1ccc(C(=O)NCC(c2cccc(Cl)c2)N2CCOCC2)cc1. The van der Waals surface area contributed by atoms with Crippen LogP contribution in [0.2, 0.25) is 5.02 Å². The molecule has 0 saturated carbocycles. The van der Waals surface area contributed by atoms with Gasteiger partial charge in [0.05, 0.1) is 19.3 Å². The molecule has 4 rings (SSSR count). The van der Waals surface area contributed by atoms with Crippen LogP contribution in [0.4, 0.5) is 0 Å². The predicted octanol–water partition coefficient (Wildman–Crippen LogP) is 4.05. The fourth-order valence-corrected chi connectivity index (χ4v) is 4.49. The van der Waals surface area contributed by atoms with Crippen LogP contribution >= 0.6 is 23.4 Å². The number of hydrogen-bond donors (Lipinski definition) is 1. The Balaban J connectivity index is 1.46. The van der Waals surface area contributed by atoms with E-state index in [4.69, 9.17) is 16.3 Å². The molecule has 1 amide bonds. The standard InChI is InChI=1S/C23H25ClN4O2S/c1-31-23-25-9-10-28(23)20-7-5-17(6-8-20)22(29)26-16-21(27-11-13-30-14-12-27)18-3-2-4-19(24)15-18/h2-10,15,21H,11-14,16H2,1H3,(H,26,29). The third kappa shape index (κ3) is 5.30. The minimum Gasteiger partial charge on any atom is -0.379 e. The minimum atomic E-state index is -0.0949. The van der Waals surface area contributed by atoms with Gasteiger partial charge in [-0.05, 0) is 48.2 Å². The average molecular weight is 457 g/mol. The van der Waals surface area contributed by atoms with Crippen LogP contribution in [0.1, 0.15) is 22.0 Å². The quantitative estimate of drug-likeness (QED) is 0.543. The summed E-state index contributed by atoms with van der Waals surface area (Å²) in [4.78, 5) is 19.5. The van der Waals surface area contributed by atoms with Crippen molar-refractivity contribution in [2.45, 2.75) is 11.2 Å². The van der Waals surface area contributed by atoms with Gasteiger partial charge in [-0.25, -0.2) is 4.98 Å². The van der Waals surface area contributed by atoms with E-state index in [0.29, 0.717) is 30.3 Å². The van der Waals surface area contributed by atoms with E-state index >= 15 is 0 Å². The lowest BCUT2D eigenvalue weighted by atomic mass is 10.0. The maximum Gasteiger partial charge on any atom is 0.251 e. The molecule has 1 aliphatic rings. The third-order valence-corrected chi connectivity index (χ3v) is 6.28. The Morgan fingerprint density at radius 1 is 1.23 bits per heavy atom. The van der Waals surface area contributed by atoms with Crippen molar-refractivity contribution < 1.29 is 9.53 Å². The zero-order valence-corrected chi connectivity index (χ0v) is 18.9. The van der Waals surface area contributed by atoms with Crippen LogP contribution in [0.5, 0.6) is 0 Å². The van der Waals surface area contributed by atoms with Crippen molar-refractivity contribution in [2.24, 2.45) is 0 Å². The Morgan fingerprint density at radius 3 is 2.71 bits per heavy atom. The van der Waals surface area contributed by atoms with Crippen LogP contribution in [-0.2, 0) is 4.74 Å². The molecule has 1 unspecified atom stereocenters. The van der Waals surface area contributed by atoms with Crippen LogP contribution in [0.3, 0.4) is 0 Å². The number of amides is 1. The fourth-order valence-electron chi connectivity index (χ4n) is 3.76. The molecular formula is C23H25ClN4O2S. The smallest absolute Gasteiger partial charge is 0.251 e. The number of rotatable bonds is 7. The Morgan fingerprint density at radius 2 is 2.00 bits per heavy atom. The molecule has 1 atom stereocenters. The van der Waals surface area contributed by atoms with Crippen molar-refractivity contribution in [2.75, 3.05) is 39.1 Å². The molecule has 31 heavy (non-hydrogen) atoms. The number of morpholine rings is 1. The molecule has 162 valence electrons. The highest BCUT2D eigenvalue weighted by Crippen LogP contribution is 2.24. The molecule has 0 bridgehead atoms. The summed E-state index contributed by atoms with van der Waals surface area (Å²) in [5.41, 5.74) is 2.69. The van der Waals surface area contributed by atoms with Gasteiger partial charge in [0.25, 0.3) is 5.91 Å². The molecule has 6 nitrogen and oxygen atoms in total. The second-order valence-corrected chi connectivity index (χ2v) is 8.47. The number of nitrogens with one attached hydrogen (secondary N) is 1. The molecule has 2 heterocycles. The number of carbonyl (C=O) groups is 1. The van der Waals surface area contributed by atoms with Crippen molar-refractivity contribution in [1.82, 2.24) is 19.8 Å². The van der Waals surface area contributed by atoms with Gasteiger partial charge in [0.15, 0.2) is 5.16 Å². The van der Waals surface area contributed by atoms with Crippen molar-refractivity contribution in [1.29, 1.82) is 0 Å². The van der Waals surface area contributed by atoms with Crippen LogP contribution in [0, 0.1) is 0 Å². The van der Waals surface area contributed by atoms with E-state index in [2.05, 4.69) is 21.3 Å². The monoisotopic (exact) mass is 456 g/mol. The topological polar surface area (TPSA) is 59.4 Å². The Hall–Kier alpha value is -2.32. The van der Waals surface area contributed by atoms with Crippen molar-refractivity contribution in [3.8, 4) is 5.69 Å². The van der Waals surface area contributed by atoms with Gasteiger partial charge in [-0.2, -0.15) is 0 Å². The van der Waals surface area contributed by atoms with E-state index in [9.17, 15) is 4.79 Å². The van der Waals surface area contributed by atoms with Gasteiger partial charge >= 0.3 is 0 Å². The summed E-state index contributed by atoms with van der Waals surface area (Å²) in [6, 6.07) is 15.4. The van der Waals surface area contributed by atoms with Crippen molar-refractivity contribution in [3.63, 3.8) is 0 Å². The summed E-state index contributed by atoms with van der Waals surface area (Å²) in [6.45, 7) is 3.53. The molecule has 8 heteroatoms. The van der Waals surface area contributed by atoms with E-state index < -0.39 is 0 Å². The van der Waals surface area contributed by atoms with Crippen LogP contribution in [0.15, 0.2) is 66.1 Å². The summed E-state index contributed by atoms with van der Waals surface area (Å²) in [7, 11) is 0. The molecular weight excluding hydrogens is 432 g/mol. The van der Waals surface area contributed by atoms with Crippen molar-refractivity contribution in [3.05, 3.63) is 77.1 Å².